The molecule has 0 unspecified atom stereocenters. The smallest absolute Gasteiger partial charge is 0.137 e. The van der Waals surface area contributed by atoms with Crippen LogP contribution in [0.3, 0.4) is 0 Å². The van der Waals surface area contributed by atoms with E-state index < -0.39 is 0 Å². The summed E-state index contributed by atoms with van der Waals surface area (Å²) in [6.45, 7) is 2.65. The SMILES string of the molecule is Cc1c(-c2ccc(CN)cc2)nc2ccc(Br)cn12. The molecule has 2 N–H and O–H groups in total. The number of hydrogen-bond acceptors (Lipinski definition) is 2. The molecule has 2 aromatic heterocycles. The highest BCUT2D eigenvalue weighted by molar-refractivity contribution is 9.10. The number of nitrogens with two attached hydrogens (primary N) is 1. The van der Waals surface area contributed by atoms with Crippen LogP contribution in [0.1, 0.15) is 11.3 Å². The Morgan fingerprint density at radius 3 is 2.58 bits per heavy atom. The van der Waals surface area contributed by atoms with E-state index in [1.54, 1.807) is 0 Å². The molecule has 0 saturated carbocycles. The van der Waals surface area contributed by atoms with Crippen molar-refractivity contribution in [3.63, 3.8) is 0 Å². The van der Waals surface area contributed by atoms with E-state index in [-0.39, 0.29) is 0 Å². The van der Waals surface area contributed by atoms with Crippen LogP contribution < -0.4 is 5.73 Å². The maximum Gasteiger partial charge on any atom is 0.137 e. The predicted molar refractivity (Wildman–Crippen MR) is 81.0 cm³/mol. The number of nitrogens with zero attached hydrogens (tertiary/aromatic N) is 2. The van der Waals surface area contributed by atoms with Gasteiger partial charge < -0.3 is 10.1 Å². The van der Waals surface area contributed by atoms with E-state index >= 15 is 0 Å². The van der Waals surface area contributed by atoms with Crippen LogP contribution in [0.2, 0.25) is 0 Å². The molecule has 0 radical (unpaired) electrons. The number of imidazole rings is 1. The van der Waals surface area contributed by atoms with Gasteiger partial charge in [0.2, 0.25) is 0 Å². The second-order valence-corrected chi connectivity index (χ2v) is 5.44. The second-order valence-electron chi connectivity index (χ2n) is 4.52. The molecule has 19 heavy (non-hydrogen) atoms. The first-order valence-electron chi connectivity index (χ1n) is 6.12. The van der Waals surface area contributed by atoms with Crippen LogP contribution in [0.4, 0.5) is 0 Å². The highest BCUT2D eigenvalue weighted by Gasteiger charge is 2.10. The molecule has 2 heterocycles. The van der Waals surface area contributed by atoms with Crippen molar-refractivity contribution in [1.29, 1.82) is 0 Å². The summed E-state index contributed by atoms with van der Waals surface area (Å²) in [7, 11) is 0. The number of hydrogen-bond donors (Lipinski definition) is 1. The maximum atomic E-state index is 5.62. The summed E-state index contributed by atoms with van der Waals surface area (Å²) in [5.41, 5.74) is 11.0. The van der Waals surface area contributed by atoms with Gasteiger partial charge in [0, 0.05) is 28.5 Å². The maximum absolute atomic E-state index is 5.62. The van der Waals surface area contributed by atoms with Gasteiger partial charge in [-0.3, -0.25) is 0 Å². The number of pyridine rings is 1. The first-order valence-corrected chi connectivity index (χ1v) is 6.92. The Bertz CT molecular complexity index is 729. The Hall–Kier alpha value is -1.65. The highest BCUT2D eigenvalue weighted by atomic mass is 79.9. The summed E-state index contributed by atoms with van der Waals surface area (Å²) in [6, 6.07) is 12.3. The Morgan fingerprint density at radius 1 is 1.16 bits per heavy atom. The van der Waals surface area contributed by atoms with Crippen LogP contribution in [0, 0.1) is 6.92 Å². The molecule has 3 aromatic rings. The molecular formula is C15H14BrN3. The molecule has 0 aliphatic rings. The zero-order chi connectivity index (χ0) is 13.4. The Kier molecular flexibility index (Phi) is 3.12. The zero-order valence-corrected chi connectivity index (χ0v) is 12.2. The predicted octanol–water partition coefficient (Wildman–Crippen LogP) is 3.53. The first kappa shape index (κ1) is 12.4. The molecular weight excluding hydrogens is 302 g/mol. The van der Waals surface area contributed by atoms with Gasteiger partial charge in [0.1, 0.15) is 5.65 Å². The fraction of sp³-hybridized carbons (Fsp3) is 0.133. The fourth-order valence-corrected chi connectivity index (χ4v) is 2.55. The van der Waals surface area contributed by atoms with Gasteiger partial charge in [0.25, 0.3) is 0 Å². The lowest BCUT2D eigenvalue weighted by atomic mass is 10.1. The van der Waals surface area contributed by atoms with E-state index in [4.69, 9.17) is 5.73 Å². The lowest BCUT2D eigenvalue weighted by Gasteiger charge is -2.01. The summed E-state index contributed by atoms with van der Waals surface area (Å²) in [5.74, 6) is 0. The van der Waals surface area contributed by atoms with Crippen molar-refractivity contribution in [1.82, 2.24) is 9.38 Å². The van der Waals surface area contributed by atoms with Crippen molar-refractivity contribution >= 4 is 21.6 Å². The van der Waals surface area contributed by atoms with Gasteiger partial charge in [-0.2, -0.15) is 0 Å². The topological polar surface area (TPSA) is 43.3 Å². The average molecular weight is 316 g/mol. The van der Waals surface area contributed by atoms with E-state index in [1.807, 2.05) is 18.3 Å². The minimum absolute atomic E-state index is 0.567. The molecule has 0 bridgehead atoms. The molecule has 1 aromatic carbocycles. The van der Waals surface area contributed by atoms with E-state index in [0.717, 1.165) is 32.6 Å². The third kappa shape index (κ3) is 2.17. The quantitative estimate of drug-likeness (QED) is 0.786. The molecule has 0 fully saturated rings. The monoisotopic (exact) mass is 315 g/mol. The Balaban J connectivity index is 2.16. The third-order valence-electron chi connectivity index (χ3n) is 3.28. The van der Waals surface area contributed by atoms with E-state index in [2.05, 4.69) is 56.5 Å². The number of benzene rings is 1. The Labute approximate surface area is 120 Å². The normalized spacial score (nSPS) is 11.1. The van der Waals surface area contributed by atoms with Crippen LogP contribution in [0.15, 0.2) is 47.1 Å². The first-order chi connectivity index (χ1) is 9.19. The van der Waals surface area contributed by atoms with Gasteiger partial charge in [-0.1, -0.05) is 24.3 Å². The molecule has 0 saturated heterocycles. The molecule has 4 heteroatoms. The molecule has 0 atom stereocenters. The summed E-state index contributed by atoms with van der Waals surface area (Å²) >= 11 is 3.49. The van der Waals surface area contributed by atoms with Gasteiger partial charge in [-0.15, -0.1) is 0 Å². The van der Waals surface area contributed by atoms with Crippen molar-refractivity contribution in [3.8, 4) is 11.3 Å². The number of rotatable bonds is 2. The lowest BCUT2D eigenvalue weighted by molar-refractivity contribution is 1.07. The van der Waals surface area contributed by atoms with E-state index in [9.17, 15) is 0 Å². The number of fused-ring (bicyclic) bond motifs is 1. The van der Waals surface area contributed by atoms with Gasteiger partial charge in [0.05, 0.1) is 5.69 Å². The number of aryl methyl sites for hydroxylation is 1. The molecule has 0 spiro atoms. The van der Waals surface area contributed by atoms with Crippen LogP contribution in [0.25, 0.3) is 16.9 Å². The van der Waals surface area contributed by atoms with Crippen molar-refractivity contribution < 1.29 is 0 Å². The van der Waals surface area contributed by atoms with Gasteiger partial charge >= 0.3 is 0 Å². The summed E-state index contributed by atoms with van der Waals surface area (Å²) < 4.78 is 3.14. The van der Waals surface area contributed by atoms with E-state index in [0.29, 0.717) is 6.54 Å². The molecule has 3 nitrogen and oxygen atoms in total. The highest BCUT2D eigenvalue weighted by Crippen LogP contribution is 2.25. The summed E-state index contributed by atoms with van der Waals surface area (Å²) in [4.78, 5) is 4.69. The van der Waals surface area contributed by atoms with Crippen molar-refractivity contribution in [2.24, 2.45) is 5.73 Å². The minimum atomic E-state index is 0.567. The molecule has 3 rings (SSSR count). The molecule has 0 aliphatic carbocycles. The van der Waals surface area contributed by atoms with Crippen LogP contribution in [0.5, 0.6) is 0 Å². The average Bonchev–Trinajstić information content (AvgIpc) is 2.76. The Morgan fingerprint density at radius 2 is 1.89 bits per heavy atom. The molecule has 96 valence electrons. The number of aromatic nitrogens is 2. The lowest BCUT2D eigenvalue weighted by Crippen LogP contribution is -1.95. The summed E-state index contributed by atoms with van der Waals surface area (Å²) in [5, 5.41) is 0. The van der Waals surface area contributed by atoms with Crippen molar-refractivity contribution in [2.45, 2.75) is 13.5 Å². The minimum Gasteiger partial charge on any atom is -0.326 e. The molecule has 0 amide bonds. The molecule has 0 aliphatic heterocycles. The second kappa shape index (κ2) is 4.79. The van der Waals surface area contributed by atoms with Gasteiger partial charge in [-0.25, -0.2) is 4.98 Å². The standard InChI is InChI=1S/C15H14BrN3/c1-10-15(12-4-2-11(8-17)3-5-12)18-14-7-6-13(16)9-19(10)14/h2-7,9H,8,17H2,1H3. The van der Waals surface area contributed by atoms with Crippen molar-refractivity contribution in [2.75, 3.05) is 0 Å². The fourth-order valence-electron chi connectivity index (χ4n) is 2.21. The van der Waals surface area contributed by atoms with Gasteiger partial charge in [0.15, 0.2) is 0 Å². The van der Waals surface area contributed by atoms with Crippen LogP contribution >= 0.6 is 15.9 Å². The van der Waals surface area contributed by atoms with Crippen LogP contribution in [-0.2, 0) is 6.54 Å². The number of halogens is 1. The van der Waals surface area contributed by atoms with E-state index in [1.165, 1.54) is 0 Å². The van der Waals surface area contributed by atoms with Crippen molar-refractivity contribution in [3.05, 3.63) is 58.3 Å². The zero-order valence-electron chi connectivity index (χ0n) is 10.6. The van der Waals surface area contributed by atoms with Crippen LogP contribution in [-0.4, -0.2) is 9.38 Å². The van der Waals surface area contributed by atoms with Gasteiger partial charge in [-0.05, 0) is 40.5 Å². The largest absolute Gasteiger partial charge is 0.326 e. The summed E-state index contributed by atoms with van der Waals surface area (Å²) in [6.07, 6.45) is 2.04. The third-order valence-corrected chi connectivity index (χ3v) is 3.75.